The monoisotopic (exact) mass is 210 g/mol. The van der Waals surface area contributed by atoms with Crippen LogP contribution in [0, 0.1) is 17.8 Å². The van der Waals surface area contributed by atoms with Crippen LogP contribution in [0.25, 0.3) is 0 Å². The summed E-state index contributed by atoms with van der Waals surface area (Å²) in [6.45, 7) is 5.88. The maximum absolute atomic E-state index is 11.7. The van der Waals surface area contributed by atoms with Gasteiger partial charge in [-0.15, -0.1) is 0 Å². The fourth-order valence-electron chi connectivity index (χ4n) is 2.62. The van der Waals surface area contributed by atoms with Crippen molar-refractivity contribution in [2.24, 2.45) is 17.8 Å². The van der Waals surface area contributed by atoms with Crippen molar-refractivity contribution >= 4 is 5.91 Å². The number of carbonyl (C=O) groups excluding carboxylic acids is 1. The highest BCUT2D eigenvalue weighted by molar-refractivity contribution is 5.79. The molecule has 86 valence electrons. The van der Waals surface area contributed by atoms with Gasteiger partial charge in [0.05, 0.1) is 0 Å². The van der Waals surface area contributed by atoms with Gasteiger partial charge < -0.3 is 10.6 Å². The molecule has 0 spiro atoms. The Morgan fingerprint density at radius 2 is 1.87 bits per heavy atom. The van der Waals surface area contributed by atoms with Gasteiger partial charge in [0.1, 0.15) is 0 Å². The van der Waals surface area contributed by atoms with E-state index in [9.17, 15) is 4.79 Å². The van der Waals surface area contributed by atoms with Gasteiger partial charge in [0.25, 0.3) is 0 Å². The molecule has 0 bridgehead atoms. The quantitative estimate of drug-likeness (QED) is 0.668. The van der Waals surface area contributed by atoms with Crippen LogP contribution in [0.2, 0.25) is 0 Å². The van der Waals surface area contributed by atoms with Crippen LogP contribution < -0.4 is 10.6 Å². The van der Waals surface area contributed by atoms with Gasteiger partial charge in [-0.05, 0) is 31.1 Å². The summed E-state index contributed by atoms with van der Waals surface area (Å²) in [5.74, 6) is 2.41. The molecule has 0 aromatic carbocycles. The minimum atomic E-state index is 0.285. The summed E-state index contributed by atoms with van der Waals surface area (Å²) < 4.78 is 0. The van der Waals surface area contributed by atoms with E-state index in [4.69, 9.17) is 0 Å². The molecule has 2 aliphatic rings. The number of amides is 1. The van der Waals surface area contributed by atoms with Crippen molar-refractivity contribution in [2.45, 2.75) is 39.2 Å². The summed E-state index contributed by atoms with van der Waals surface area (Å²) in [6, 6.07) is 0.501. The summed E-state index contributed by atoms with van der Waals surface area (Å²) in [7, 11) is 0. The van der Waals surface area contributed by atoms with Gasteiger partial charge in [0.15, 0.2) is 0 Å². The molecule has 0 saturated heterocycles. The Bertz CT molecular complexity index is 230. The fourth-order valence-corrected chi connectivity index (χ4v) is 2.62. The third-order valence-electron chi connectivity index (χ3n) is 3.59. The summed E-state index contributed by atoms with van der Waals surface area (Å²) in [5, 5.41) is 6.31. The maximum Gasteiger partial charge on any atom is 0.223 e. The summed E-state index contributed by atoms with van der Waals surface area (Å²) >= 11 is 0. The van der Waals surface area contributed by atoms with Crippen molar-refractivity contribution in [3.8, 4) is 0 Å². The SMILES string of the molecule is CC(C)NCCNC(=O)C1CC2CC2C1. The van der Waals surface area contributed by atoms with Crippen molar-refractivity contribution in [2.75, 3.05) is 13.1 Å². The Balaban J connectivity index is 1.57. The first-order chi connectivity index (χ1) is 7.16. The van der Waals surface area contributed by atoms with Crippen LogP contribution in [0.4, 0.5) is 0 Å². The smallest absolute Gasteiger partial charge is 0.223 e. The van der Waals surface area contributed by atoms with Crippen molar-refractivity contribution in [1.29, 1.82) is 0 Å². The van der Waals surface area contributed by atoms with Gasteiger partial charge in [0.2, 0.25) is 5.91 Å². The van der Waals surface area contributed by atoms with Gasteiger partial charge in [0, 0.05) is 25.0 Å². The highest BCUT2D eigenvalue weighted by Crippen LogP contribution is 2.54. The third kappa shape index (κ3) is 2.94. The van der Waals surface area contributed by atoms with E-state index in [0.717, 1.165) is 37.8 Å². The van der Waals surface area contributed by atoms with E-state index in [1.54, 1.807) is 0 Å². The molecule has 2 aliphatic carbocycles. The van der Waals surface area contributed by atoms with Crippen LogP contribution in [0.5, 0.6) is 0 Å². The van der Waals surface area contributed by atoms with Gasteiger partial charge in [-0.25, -0.2) is 0 Å². The Labute approximate surface area is 92.0 Å². The normalized spacial score (nSPS) is 32.9. The minimum Gasteiger partial charge on any atom is -0.355 e. The molecule has 0 aromatic rings. The molecular weight excluding hydrogens is 188 g/mol. The lowest BCUT2D eigenvalue weighted by molar-refractivity contribution is -0.125. The van der Waals surface area contributed by atoms with E-state index in [1.165, 1.54) is 6.42 Å². The number of nitrogens with one attached hydrogen (secondary N) is 2. The molecule has 2 saturated carbocycles. The molecule has 15 heavy (non-hydrogen) atoms. The largest absolute Gasteiger partial charge is 0.355 e. The van der Waals surface area contributed by atoms with Crippen LogP contribution in [-0.4, -0.2) is 25.0 Å². The van der Waals surface area contributed by atoms with Gasteiger partial charge in [-0.1, -0.05) is 13.8 Å². The lowest BCUT2D eigenvalue weighted by Crippen LogP contribution is -2.37. The molecule has 2 rings (SSSR count). The zero-order valence-corrected chi connectivity index (χ0v) is 9.75. The molecule has 0 radical (unpaired) electrons. The van der Waals surface area contributed by atoms with Crippen LogP contribution in [0.1, 0.15) is 33.1 Å². The number of fused-ring (bicyclic) bond motifs is 1. The molecule has 0 aromatic heterocycles. The molecule has 2 unspecified atom stereocenters. The maximum atomic E-state index is 11.7. The molecule has 3 heteroatoms. The molecule has 1 amide bonds. The van der Waals surface area contributed by atoms with Crippen molar-refractivity contribution < 1.29 is 4.79 Å². The first-order valence-electron chi connectivity index (χ1n) is 6.18. The Kier molecular flexibility index (Phi) is 3.29. The molecule has 2 atom stereocenters. The summed E-state index contributed by atoms with van der Waals surface area (Å²) in [5.41, 5.74) is 0. The first kappa shape index (κ1) is 10.9. The highest BCUT2D eigenvalue weighted by Gasteiger charge is 2.47. The molecule has 2 N–H and O–H groups in total. The number of rotatable bonds is 5. The van der Waals surface area contributed by atoms with Crippen LogP contribution >= 0.6 is 0 Å². The average Bonchev–Trinajstić information content (AvgIpc) is 2.80. The van der Waals surface area contributed by atoms with Gasteiger partial charge in [-0.3, -0.25) is 4.79 Å². The van der Waals surface area contributed by atoms with E-state index in [0.29, 0.717) is 12.0 Å². The van der Waals surface area contributed by atoms with Gasteiger partial charge >= 0.3 is 0 Å². The number of hydrogen-bond donors (Lipinski definition) is 2. The zero-order chi connectivity index (χ0) is 10.8. The average molecular weight is 210 g/mol. The van der Waals surface area contributed by atoms with E-state index in [-0.39, 0.29) is 5.91 Å². The van der Waals surface area contributed by atoms with E-state index in [1.807, 2.05) is 0 Å². The topological polar surface area (TPSA) is 41.1 Å². The van der Waals surface area contributed by atoms with Crippen molar-refractivity contribution in [3.63, 3.8) is 0 Å². The van der Waals surface area contributed by atoms with Crippen LogP contribution in [0.15, 0.2) is 0 Å². The molecule has 0 heterocycles. The van der Waals surface area contributed by atoms with Crippen molar-refractivity contribution in [1.82, 2.24) is 10.6 Å². The molecule has 3 nitrogen and oxygen atoms in total. The Hall–Kier alpha value is -0.570. The predicted molar refractivity (Wildman–Crippen MR) is 60.5 cm³/mol. The molecular formula is C12H22N2O. The second-order valence-electron chi connectivity index (χ2n) is 5.32. The molecule has 0 aliphatic heterocycles. The lowest BCUT2D eigenvalue weighted by atomic mass is 10.0. The zero-order valence-electron chi connectivity index (χ0n) is 9.75. The van der Waals surface area contributed by atoms with Crippen LogP contribution in [0.3, 0.4) is 0 Å². The Morgan fingerprint density at radius 1 is 1.20 bits per heavy atom. The van der Waals surface area contributed by atoms with Gasteiger partial charge in [-0.2, -0.15) is 0 Å². The Morgan fingerprint density at radius 3 is 2.47 bits per heavy atom. The summed E-state index contributed by atoms with van der Waals surface area (Å²) in [6.07, 6.45) is 3.68. The minimum absolute atomic E-state index is 0.285. The molecule has 2 fully saturated rings. The van der Waals surface area contributed by atoms with E-state index < -0.39 is 0 Å². The first-order valence-corrected chi connectivity index (χ1v) is 6.18. The van der Waals surface area contributed by atoms with Crippen LogP contribution in [-0.2, 0) is 4.79 Å². The standard InChI is InChI=1S/C12H22N2O/c1-8(2)13-3-4-14-12(15)11-6-9-5-10(9)7-11/h8-11,13H,3-7H2,1-2H3,(H,14,15). The summed E-state index contributed by atoms with van der Waals surface area (Å²) in [4.78, 5) is 11.7. The third-order valence-corrected chi connectivity index (χ3v) is 3.59. The van der Waals surface area contributed by atoms with E-state index in [2.05, 4.69) is 24.5 Å². The number of carbonyl (C=O) groups is 1. The van der Waals surface area contributed by atoms with E-state index >= 15 is 0 Å². The van der Waals surface area contributed by atoms with Crippen molar-refractivity contribution in [3.05, 3.63) is 0 Å². The lowest BCUT2D eigenvalue weighted by Gasteiger charge is -2.13. The second-order valence-corrected chi connectivity index (χ2v) is 5.32. The number of hydrogen-bond acceptors (Lipinski definition) is 2. The predicted octanol–water partition coefficient (Wildman–Crippen LogP) is 1.15. The highest BCUT2D eigenvalue weighted by atomic mass is 16.1. The second kappa shape index (κ2) is 4.52. The fraction of sp³-hybridized carbons (Fsp3) is 0.917.